The van der Waals surface area contributed by atoms with Crippen molar-refractivity contribution in [3.63, 3.8) is 0 Å². The number of carbonyl (C=O) groups is 4. The minimum atomic E-state index is -0.700. The second kappa shape index (κ2) is 30.4. The molecule has 0 aromatic carbocycles. The second-order valence-corrected chi connectivity index (χ2v) is 18.1. The number of rotatable bonds is 20. The number of carbonyl (C=O) groups excluding carboxylic acids is 3. The Hall–Kier alpha value is -4.09. The van der Waals surface area contributed by atoms with Gasteiger partial charge in [-0.05, 0) is 61.7 Å². The van der Waals surface area contributed by atoms with Crippen LogP contribution in [0.3, 0.4) is 0 Å². The van der Waals surface area contributed by atoms with Crippen molar-refractivity contribution in [2.75, 3.05) is 72.2 Å². The van der Waals surface area contributed by atoms with Crippen molar-refractivity contribution in [1.82, 2.24) is 30.7 Å². The van der Waals surface area contributed by atoms with Gasteiger partial charge < -0.3 is 60.0 Å². The Labute approximate surface area is 408 Å². The van der Waals surface area contributed by atoms with E-state index in [0.717, 1.165) is 80.9 Å². The standard InChI is InChI=1S/C22H29N3O5S.C17H21N3O4S.C4H9NO2.3CH4.ClH/c26-18(16-10-20(30-24-16)21-7-5-9-31-21)6-3-1-2-4-8-25-11-15(12-25)22(28)23-17-13-29-14-19(17)27;21-16(13-9-14(24-19-13)15-5-4-8-25-15)18-6-2-1-3-7-20-10-12(11-20)17(22)23;5-3-1-7-2-4(3)6;;;;/h5,7,9-10,15,17,19,27H,1-4,6,8,11-14H2,(H,23,28);4-5,8-9,12H,1-3,6-7,10-11H2,(H,18,21)(H,22,23);3-4,6H,1-2,5H2;3*1H4;1H. The fraction of sp³-hybridized carbons (Fsp3) is 0.609. The number of hydrogen-bond donors (Lipinski definition) is 6. The number of aromatic nitrogens is 2. The number of hydrogen-bond acceptors (Lipinski definition) is 17. The zero-order valence-electron chi connectivity index (χ0n) is 35.7. The van der Waals surface area contributed by atoms with Gasteiger partial charge >= 0.3 is 5.97 Å². The molecule has 0 spiro atoms. The number of aliphatic hydroxyl groups is 2. The Kier molecular flexibility index (Phi) is 26.8. The first-order valence-electron chi connectivity index (χ1n) is 21.6. The molecule has 4 aromatic rings. The first-order valence-corrected chi connectivity index (χ1v) is 23.4. The van der Waals surface area contributed by atoms with E-state index in [9.17, 15) is 24.3 Å². The molecule has 4 aliphatic rings. The number of nitrogens with two attached hydrogens (primary N) is 1. The lowest BCUT2D eigenvalue weighted by atomic mass is 9.97. The van der Waals surface area contributed by atoms with Crippen molar-refractivity contribution in [3.05, 3.63) is 58.5 Å². The van der Waals surface area contributed by atoms with Crippen LogP contribution >= 0.6 is 35.1 Å². The molecule has 18 nitrogen and oxygen atoms in total. The van der Waals surface area contributed by atoms with Crippen LogP contribution in [0.2, 0.25) is 0 Å². The molecule has 4 aliphatic heterocycles. The molecule has 0 radical (unpaired) electrons. The van der Waals surface area contributed by atoms with Gasteiger partial charge in [0.1, 0.15) is 5.69 Å². The molecule has 4 atom stereocenters. The number of halogens is 1. The number of nitrogens with one attached hydrogen (secondary N) is 2. The average molecular weight is 999 g/mol. The summed E-state index contributed by atoms with van der Waals surface area (Å²) in [6.07, 6.45) is 6.31. The van der Waals surface area contributed by atoms with Crippen LogP contribution in [0.1, 0.15) is 94.6 Å². The molecule has 8 rings (SSSR count). The van der Waals surface area contributed by atoms with Gasteiger partial charge in [0.2, 0.25) is 5.91 Å². The van der Waals surface area contributed by atoms with Crippen molar-refractivity contribution in [3.8, 4) is 21.3 Å². The van der Waals surface area contributed by atoms with Crippen LogP contribution in [0.15, 0.2) is 56.2 Å². The van der Waals surface area contributed by atoms with E-state index in [2.05, 4.69) is 30.7 Å². The highest BCUT2D eigenvalue weighted by Gasteiger charge is 2.36. The Morgan fingerprint density at radius 2 is 1.25 bits per heavy atom. The molecule has 376 valence electrons. The third kappa shape index (κ3) is 18.4. The van der Waals surface area contributed by atoms with Crippen molar-refractivity contribution in [2.45, 2.75) is 97.9 Å². The number of carboxylic acids is 1. The van der Waals surface area contributed by atoms with Crippen molar-refractivity contribution in [2.24, 2.45) is 17.6 Å². The first kappa shape index (κ1) is 59.0. The summed E-state index contributed by atoms with van der Waals surface area (Å²) in [5, 5.41) is 44.6. The predicted molar refractivity (Wildman–Crippen MR) is 262 cm³/mol. The molecule has 2 amide bonds. The summed E-state index contributed by atoms with van der Waals surface area (Å²) < 4.78 is 20.4. The molecule has 0 aliphatic carbocycles. The lowest BCUT2D eigenvalue weighted by Crippen LogP contribution is -2.56. The van der Waals surface area contributed by atoms with E-state index in [1.165, 1.54) is 11.3 Å². The monoisotopic (exact) mass is 997 g/mol. The third-order valence-electron chi connectivity index (χ3n) is 11.2. The highest BCUT2D eigenvalue weighted by Crippen LogP contribution is 2.27. The lowest BCUT2D eigenvalue weighted by Gasteiger charge is -2.38. The average Bonchev–Trinajstić information content (AvgIpc) is 4.09. The summed E-state index contributed by atoms with van der Waals surface area (Å²) >= 11 is 3.10. The fourth-order valence-corrected chi connectivity index (χ4v) is 8.61. The number of carboxylic acid groups (broad SMARTS) is 1. The minimum Gasteiger partial charge on any atom is -0.481 e. The largest absolute Gasteiger partial charge is 0.481 e. The number of nitrogens with zero attached hydrogens (tertiary/aromatic N) is 4. The topological polar surface area (TPSA) is 256 Å². The zero-order chi connectivity index (χ0) is 44.6. The molecule has 21 heteroatoms. The number of ether oxygens (including phenoxy) is 2. The second-order valence-electron chi connectivity index (χ2n) is 16.3. The Bertz CT molecular complexity index is 2000. The van der Waals surface area contributed by atoms with E-state index < -0.39 is 18.2 Å². The van der Waals surface area contributed by atoms with Crippen LogP contribution in [0, 0.1) is 11.8 Å². The number of Topliss-reactive ketones (excluding diaryl/α,β-unsaturated/α-hetero) is 1. The van der Waals surface area contributed by atoms with Crippen LogP contribution in [-0.4, -0.2) is 156 Å². The summed E-state index contributed by atoms with van der Waals surface area (Å²) in [6, 6.07) is 10.7. The molecule has 8 heterocycles. The number of aliphatic hydroxyl groups excluding tert-OH is 2. The quantitative estimate of drug-likeness (QED) is 0.0459. The highest BCUT2D eigenvalue weighted by atomic mass is 35.5. The molecule has 4 unspecified atom stereocenters. The molecular formula is C46H72ClN7O11S2. The van der Waals surface area contributed by atoms with Gasteiger partial charge in [0.15, 0.2) is 23.0 Å². The molecule has 0 saturated carbocycles. The van der Waals surface area contributed by atoms with Crippen LogP contribution in [0.25, 0.3) is 21.3 Å². The summed E-state index contributed by atoms with van der Waals surface area (Å²) in [4.78, 5) is 53.6. The van der Waals surface area contributed by atoms with E-state index in [-0.39, 0.29) is 76.2 Å². The maximum atomic E-state index is 12.3. The summed E-state index contributed by atoms with van der Waals surface area (Å²) in [7, 11) is 0. The molecule has 67 heavy (non-hydrogen) atoms. The van der Waals surface area contributed by atoms with E-state index in [4.69, 9.17) is 34.5 Å². The molecule has 7 N–H and O–H groups in total. The number of ketones is 1. The summed E-state index contributed by atoms with van der Waals surface area (Å²) in [6.45, 7) is 6.93. The van der Waals surface area contributed by atoms with Crippen LogP contribution < -0.4 is 16.4 Å². The number of unbranched alkanes of at least 4 members (excludes halogenated alkanes) is 5. The van der Waals surface area contributed by atoms with E-state index >= 15 is 0 Å². The van der Waals surface area contributed by atoms with Gasteiger partial charge in [0.25, 0.3) is 5.91 Å². The molecule has 4 saturated heterocycles. The number of likely N-dealkylation sites (tertiary alicyclic amines) is 2. The van der Waals surface area contributed by atoms with Crippen molar-refractivity contribution < 1.29 is 53.0 Å². The van der Waals surface area contributed by atoms with Gasteiger partial charge in [-0.1, -0.05) is 64.0 Å². The van der Waals surface area contributed by atoms with E-state index in [0.29, 0.717) is 75.4 Å². The van der Waals surface area contributed by atoms with Crippen LogP contribution in [0.4, 0.5) is 0 Å². The van der Waals surface area contributed by atoms with Crippen molar-refractivity contribution >= 4 is 58.6 Å². The number of thiophene rings is 2. The Morgan fingerprint density at radius 3 is 1.76 bits per heavy atom. The van der Waals surface area contributed by atoms with Gasteiger partial charge in [0, 0.05) is 51.3 Å². The predicted octanol–water partition coefficient (Wildman–Crippen LogP) is 5.70. The van der Waals surface area contributed by atoms with Gasteiger partial charge in [-0.15, -0.1) is 35.1 Å². The molecule has 0 bridgehead atoms. The van der Waals surface area contributed by atoms with Gasteiger partial charge in [0.05, 0.1) is 72.3 Å². The maximum absolute atomic E-state index is 12.3. The normalized spacial score (nSPS) is 20.1. The minimum absolute atomic E-state index is 0. The van der Waals surface area contributed by atoms with Crippen LogP contribution in [-0.2, 0) is 19.1 Å². The maximum Gasteiger partial charge on any atom is 0.309 e. The van der Waals surface area contributed by atoms with Crippen LogP contribution in [0.5, 0.6) is 0 Å². The Morgan fingerprint density at radius 1 is 0.716 bits per heavy atom. The zero-order valence-corrected chi connectivity index (χ0v) is 38.2. The highest BCUT2D eigenvalue weighted by molar-refractivity contribution is 7.13. The Balaban J connectivity index is 0.000000386. The first-order chi connectivity index (χ1) is 30.5. The third-order valence-corrected chi connectivity index (χ3v) is 13.0. The van der Waals surface area contributed by atoms with Gasteiger partial charge in [-0.25, -0.2) is 0 Å². The summed E-state index contributed by atoms with van der Waals surface area (Å²) in [5.74, 6) is 0.183. The van der Waals surface area contributed by atoms with E-state index in [1.54, 1.807) is 23.5 Å². The van der Waals surface area contributed by atoms with Gasteiger partial charge in [-0.2, -0.15) is 0 Å². The molecular weight excluding hydrogens is 926 g/mol. The summed E-state index contributed by atoms with van der Waals surface area (Å²) in [5.41, 5.74) is 6.01. The van der Waals surface area contributed by atoms with Crippen molar-refractivity contribution in [1.29, 1.82) is 0 Å². The van der Waals surface area contributed by atoms with Gasteiger partial charge in [-0.3, -0.25) is 19.2 Å². The SMILES string of the molecule is C.C.C.Cl.NC1COCC1O.O=C(CCCCCCN1CC(C(=O)NC2COCC2O)C1)c1cc(-c2cccs2)on1.O=C(NCCCCCN1CC(C(=O)O)C1)c1cc(-c2cccs2)on1. The fourth-order valence-electron chi connectivity index (χ4n) is 7.26. The number of aliphatic carboxylic acids is 1. The number of amides is 2. The molecule has 4 aromatic heterocycles. The van der Waals surface area contributed by atoms with E-state index in [1.807, 2.05) is 35.0 Å². The smallest absolute Gasteiger partial charge is 0.309 e. The molecule has 4 fully saturated rings. The lowest BCUT2D eigenvalue weighted by molar-refractivity contribution is -0.147.